The van der Waals surface area contributed by atoms with Crippen LogP contribution < -0.4 is 5.32 Å². The zero-order chi connectivity index (χ0) is 23.9. The molecule has 34 heavy (non-hydrogen) atoms. The summed E-state index contributed by atoms with van der Waals surface area (Å²) in [5, 5.41) is 12.6. The molecule has 2 atom stereocenters. The van der Waals surface area contributed by atoms with Crippen molar-refractivity contribution in [1.82, 2.24) is 4.98 Å². The van der Waals surface area contributed by atoms with Gasteiger partial charge in [-0.05, 0) is 78.6 Å². The molecule has 0 spiro atoms. The maximum absolute atomic E-state index is 12.9. The van der Waals surface area contributed by atoms with Gasteiger partial charge in [0.05, 0.1) is 0 Å². The zero-order valence-electron chi connectivity index (χ0n) is 18.8. The molecule has 0 radical (unpaired) electrons. The van der Waals surface area contributed by atoms with Crippen molar-refractivity contribution in [3.05, 3.63) is 101 Å². The Balaban J connectivity index is 1.45. The molecule has 4 rings (SSSR count). The van der Waals surface area contributed by atoms with Gasteiger partial charge in [0.15, 0.2) is 0 Å². The lowest BCUT2D eigenvalue weighted by Crippen LogP contribution is -2.14. The quantitative estimate of drug-likeness (QED) is 0.326. The number of unbranched alkanes of at least 4 members (excludes halogenated alkanes) is 2. The fourth-order valence-corrected chi connectivity index (χ4v) is 4.28. The topological polar surface area (TPSA) is 79.3 Å². The third kappa shape index (κ3) is 6.33. The summed E-state index contributed by atoms with van der Waals surface area (Å²) in [5.74, 6) is -0.545. The van der Waals surface area contributed by atoms with E-state index in [1.165, 1.54) is 0 Å². The van der Waals surface area contributed by atoms with E-state index in [9.17, 15) is 9.59 Å². The van der Waals surface area contributed by atoms with Crippen LogP contribution in [0.3, 0.4) is 0 Å². The van der Waals surface area contributed by atoms with Crippen LogP contribution in [-0.4, -0.2) is 22.0 Å². The lowest BCUT2D eigenvalue weighted by Gasteiger charge is -2.12. The van der Waals surface area contributed by atoms with Crippen LogP contribution in [-0.2, 0) is 9.59 Å². The van der Waals surface area contributed by atoms with E-state index in [0.717, 1.165) is 47.2 Å². The number of nitrogens with one attached hydrogen (secondary N) is 1. The van der Waals surface area contributed by atoms with Gasteiger partial charge >= 0.3 is 5.97 Å². The molecule has 1 aliphatic rings. The van der Waals surface area contributed by atoms with Crippen LogP contribution >= 0.6 is 11.6 Å². The first-order valence-corrected chi connectivity index (χ1v) is 11.9. The van der Waals surface area contributed by atoms with Gasteiger partial charge in [-0.1, -0.05) is 48.0 Å². The Morgan fingerprint density at radius 1 is 1.06 bits per heavy atom. The second kappa shape index (κ2) is 11.1. The van der Waals surface area contributed by atoms with Gasteiger partial charge in [-0.3, -0.25) is 14.6 Å². The standard InChI is InChI=1S/C28H27ClN2O3/c29-22-13-11-19(12-14-22)25-17-26(25)28(34)31-23-8-4-6-20(16-23)24(21-7-5-15-30-18-21)9-2-1-3-10-27(32)33/h4-9,11-16,18,25-26H,1-3,10,17H2,(H,31,34)(H,32,33). The molecule has 174 valence electrons. The molecule has 1 saturated carbocycles. The predicted molar refractivity (Wildman–Crippen MR) is 135 cm³/mol. The van der Waals surface area contributed by atoms with E-state index in [1.54, 1.807) is 6.20 Å². The van der Waals surface area contributed by atoms with Crippen molar-refractivity contribution < 1.29 is 14.7 Å². The maximum Gasteiger partial charge on any atom is 0.303 e. The Labute approximate surface area is 204 Å². The van der Waals surface area contributed by atoms with Gasteiger partial charge in [0, 0.05) is 41.0 Å². The number of carbonyl (C=O) groups excluding carboxylic acids is 1. The van der Waals surface area contributed by atoms with Crippen LogP contribution in [0.25, 0.3) is 5.57 Å². The van der Waals surface area contributed by atoms with E-state index in [-0.39, 0.29) is 24.2 Å². The monoisotopic (exact) mass is 474 g/mol. The highest BCUT2D eigenvalue weighted by atomic mass is 35.5. The lowest BCUT2D eigenvalue weighted by molar-refractivity contribution is -0.137. The molecule has 0 saturated heterocycles. The van der Waals surface area contributed by atoms with Gasteiger partial charge in [0.1, 0.15) is 0 Å². The number of aliphatic carboxylic acids is 1. The van der Waals surface area contributed by atoms with Gasteiger partial charge in [-0.25, -0.2) is 0 Å². The zero-order valence-corrected chi connectivity index (χ0v) is 19.5. The second-order valence-electron chi connectivity index (χ2n) is 8.57. The molecule has 1 aromatic heterocycles. The molecule has 1 aliphatic carbocycles. The van der Waals surface area contributed by atoms with Crippen LogP contribution in [0.2, 0.25) is 5.02 Å². The van der Waals surface area contributed by atoms with Gasteiger partial charge in [-0.15, -0.1) is 0 Å². The Hall–Kier alpha value is -3.44. The summed E-state index contributed by atoms with van der Waals surface area (Å²) in [7, 11) is 0. The molecule has 1 heterocycles. The number of carboxylic acid groups (broad SMARTS) is 1. The van der Waals surface area contributed by atoms with E-state index < -0.39 is 5.97 Å². The van der Waals surface area contributed by atoms with E-state index in [0.29, 0.717) is 11.4 Å². The summed E-state index contributed by atoms with van der Waals surface area (Å²) >= 11 is 5.98. The summed E-state index contributed by atoms with van der Waals surface area (Å²) in [4.78, 5) is 27.9. The smallest absolute Gasteiger partial charge is 0.303 e. The van der Waals surface area contributed by atoms with E-state index >= 15 is 0 Å². The maximum atomic E-state index is 12.9. The fraction of sp³-hybridized carbons (Fsp3) is 0.250. The van der Waals surface area contributed by atoms with Crippen LogP contribution in [0.1, 0.15) is 54.7 Å². The third-order valence-corrected chi connectivity index (χ3v) is 6.28. The molecule has 0 bridgehead atoms. The molecule has 0 aliphatic heterocycles. The SMILES string of the molecule is O=C(O)CCCCC=C(c1cccnc1)c1cccc(NC(=O)C2CC2c2ccc(Cl)cc2)c1. The van der Waals surface area contributed by atoms with Crippen LogP contribution in [0.5, 0.6) is 0 Å². The number of nitrogens with zero attached hydrogens (tertiary/aromatic N) is 1. The van der Waals surface area contributed by atoms with Crippen molar-refractivity contribution in [2.24, 2.45) is 5.92 Å². The minimum Gasteiger partial charge on any atom is -0.481 e. The number of rotatable bonds is 10. The molecular formula is C28H27ClN2O3. The molecule has 5 nitrogen and oxygen atoms in total. The molecule has 1 amide bonds. The number of carbonyl (C=O) groups is 2. The van der Waals surface area contributed by atoms with Crippen LogP contribution in [0.4, 0.5) is 5.69 Å². The largest absolute Gasteiger partial charge is 0.481 e. The highest BCUT2D eigenvalue weighted by Crippen LogP contribution is 2.48. The highest BCUT2D eigenvalue weighted by molar-refractivity contribution is 6.30. The predicted octanol–water partition coefficient (Wildman–Crippen LogP) is 6.55. The van der Waals surface area contributed by atoms with Gasteiger partial charge in [0.2, 0.25) is 5.91 Å². The molecule has 1 fully saturated rings. The Morgan fingerprint density at radius 2 is 1.85 bits per heavy atom. The van der Waals surface area contributed by atoms with E-state index in [4.69, 9.17) is 16.7 Å². The fourth-order valence-electron chi connectivity index (χ4n) is 4.15. The van der Waals surface area contributed by atoms with Gasteiger partial charge in [0.25, 0.3) is 0 Å². The minimum absolute atomic E-state index is 0.0256. The Kier molecular flexibility index (Phi) is 7.76. The third-order valence-electron chi connectivity index (χ3n) is 6.03. The highest BCUT2D eigenvalue weighted by Gasteiger charge is 2.43. The molecule has 6 heteroatoms. The Bertz CT molecular complexity index is 1180. The van der Waals surface area contributed by atoms with Crippen molar-refractivity contribution in [3.8, 4) is 0 Å². The normalized spacial score (nSPS) is 17.3. The molecule has 2 aromatic carbocycles. The van der Waals surface area contributed by atoms with Crippen LogP contribution in [0, 0.1) is 5.92 Å². The summed E-state index contributed by atoms with van der Waals surface area (Å²) in [5.41, 5.74) is 4.88. The molecule has 2 N–H and O–H groups in total. The van der Waals surface area contributed by atoms with Crippen molar-refractivity contribution in [2.45, 2.75) is 38.0 Å². The number of aromatic nitrogens is 1. The number of carboxylic acids is 1. The van der Waals surface area contributed by atoms with Crippen molar-refractivity contribution in [1.29, 1.82) is 0 Å². The number of hydrogen-bond donors (Lipinski definition) is 2. The summed E-state index contributed by atoms with van der Waals surface area (Å²) < 4.78 is 0. The number of benzene rings is 2. The number of hydrogen-bond acceptors (Lipinski definition) is 3. The number of anilines is 1. The van der Waals surface area contributed by atoms with E-state index in [1.807, 2.05) is 66.9 Å². The molecular weight excluding hydrogens is 448 g/mol. The molecule has 2 unspecified atom stereocenters. The first-order valence-electron chi connectivity index (χ1n) is 11.5. The number of halogens is 1. The number of pyridine rings is 1. The summed E-state index contributed by atoms with van der Waals surface area (Å²) in [6.07, 6.45) is 8.88. The van der Waals surface area contributed by atoms with Crippen molar-refractivity contribution in [2.75, 3.05) is 5.32 Å². The van der Waals surface area contributed by atoms with E-state index in [2.05, 4.69) is 16.4 Å². The van der Waals surface area contributed by atoms with Gasteiger partial charge < -0.3 is 10.4 Å². The second-order valence-corrected chi connectivity index (χ2v) is 9.01. The minimum atomic E-state index is -0.770. The van der Waals surface area contributed by atoms with Gasteiger partial charge in [-0.2, -0.15) is 0 Å². The van der Waals surface area contributed by atoms with Crippen molar-refractivity contribution >= 4 is 34.7 Å². The van der Waals surface area contributed by atoms with Crippen molar-refractivity contribution in [3.63, 3.8) is 0 Å². The number of allylic oxidation sites excluding steroid dienone is 1. The number of amides is 1. The lowest BCUT2D eigenvalue weighted by atomic mass is 9.97. The summed E-state index contributed by atoms with van der Waals surface area (Å²) in [6.45, 7) is 0. The average molecular weight is 475 g/mol. The Morgan fingerprint density at radius 3 is 2.59 bits per heavy atom. The first kappa shape index (κ1) is 23.7. The van der Waals surface area contributed by atoms with Crippen LogP contribution in [0.15, 0.2) is 79.1 Å². The average Bonchev–Trinajstić information content (AvgIpc) is 3.64. The first-order chi connectivity index (χ1) is 16.5. The molecule has 3 aromatic rings. The summed E-state index contributed by atoms with van der Waals surface area (Å²) in [6, 6.07) is 19.4.